The maximum Gasteiger partial charge on any atom is 0.106 e. The standard InChI is InChI=1S/C7H15N3/c1-5-7(2)9-6-10(4)8-3/h6-7H,3,5H2,1-2,4H3. The first-order valence-corrected chi connectivity index (χ1v) is 3.43. The topological polar surface area (TPSA) is 28.0 Å². The van der Waals surface area contributed by atoms with Crippen LogP contribution < -0.4 is 0 Å². The van der Waals surface area contributed by atoms with Crippen LogP contribution in [0.25, 0.3) is 0 Å². The summed E-state index contributed by atoms with van der Waals surface area (Å²) >= 11 is 0. The van der Waals surface area contributed by atoms with Crippen molar-refractivity contribution in [1.29, 1.82) is 0 Å². The fourth-order valence-corrected chi connectivity index (χ4v) is 0.352. The van der Waals surface area contributed by atoms with Crippen LogP contribution in [0.4, 0.5) is 0 Å². The van der Waals surface area contributed by atoms with Gasteiger partial charge in [-0.05, 0) is 13.3 Å². The molecule has 58 valence electrons. The fraction of sp³-hybridized carbons (Fsp3) is 0.714. The van der Waals surface area contributed by atoms with E-state index in [2.05, 4.69) is 30.7 Å². The van der Waals surface area contributed by atoms with E-state index in [4.69, 9.17) is 0 Å². The summed E-state index contributed by atoms with van der Waals surface area (Å²) in [5.41, 5.74) is 0. The first-order chi connectivity index (χ1) is 4.70. The molecule has 3 heteroatoms. The van der Waals surface area contributed by atoms with Crippen molar-refractivity contribution >= 4 is 13.1 Å². The molecule has 0 fully saturated rings. The molecule has 0 spiro atoms. The molecule has 10 heavy (non-hydrogen) atoms. The third-order valence-electron chi connectivity index (χ3n) is 1.30. The van der Waals surface area contributed by atoms with E-state index in [0.29, 0.717) is 6.04 Å². The highest BCUT2D eigenvalue weighted by Gasteiger charge is 1.90. The summed E-state index contributed by atoms with van der Waals surface area (Å²) in [7, 11) is 1.80. The van der Waals surface area contributed by atoms with Crippen molar-refractivity contribution in [3.05, 3.63) is 0 Å². The number of hydrogen-bond donors (Lipinski definition) is 0. The lowest BCUT2D eigenvalue weighted by atomic mass is 10.3. The van der Waals surface area contributed by atoms with Gasteiger partial charge in [0.2, 0.25) is 0 Å². The van der Waals surface area contributed by atoms with Gasteiger partial charge in [0.25, 0.3) is 0 Å². The van der Waals surface area contributed by atoms with Crippen molar-refractivity contribution in [2.24, 2.45) is 10.1 Å². The highest BCUT2D eigenvalue weighted by molar-refractivity contribution is 5.54. The van der Waals surface area contributed by atoms with Gasteiger partial charge in [0, 0.05) is 19.8 Å². The second kappa shape index (κ2) is 4.97. The van der Waals surface area contributed by atoms with Gasteiger partial charge in [-0.1, -0.05) is 6.92 Å². The lowest BCUT2D eigenvalue weighted by Crippen LogP contribution is -2.08. The van der Waals surface area contributed by atoms with Crippen molar-refractivity contribution < 1.29 is 0 Å². The van der Waals surface area contributed by atoms with Gasteiger partial charge >= 0.3 is 0 Å². The number of aliphatic imine (C=N–C) groups is 1. The normalized spacial score (nSPS) is 13.5. The first-order valence-electron chi connectivity index (χ1n) is 3.43. The van der Waals surface area contributed by atoms with Crippen LogP contribution in [0.3, 0.4) is 0 Å². The minimum atomic E-state index is 0.379. The van der Waals surface area contributed by atoms with Crippen LogP contribution in [-0.2, 0) is 0 Å². The van der Waals surface area contributed by atoms with Crippen molar-refractivity contribution in [2.45, 2.75) is 26.3 Å². The van der Waals surface area contributed by atoms with Gasteiger partial charge in [-0.2, -0.15) is 5.10 Å². The lowest BCUT2D eigenvalue weighted by molar-refractivity contribution is 0.557. The second-order valence-corrected chi connectivity index (χ2v) is 2.24. The van der Waals surface area contributed by atoms with Gasteiger partial charge in [0.15, 0.2) is 0 Å². The molecule has 0 N–H and O–H groups in total. The van der Waals surface area contributed by atoms with E-state index in [9.17, 15) is 0 Å². The Bertz CT molecular complexity index is 120. The third-order valence-corrected chi connectivity index (χ3v) is 1.30. The zero-order chi connectivity index (χ0) is 7.98. The Balaban J connectivity index is 3.62. The van der Waals surface area contributed by atoms with Crippen LogP contribution in [0.1, 0.15) is 20.3 Å². The molecular formula is C7H15N3. The largest absolute Gasteiger partial charge is 0.271 e. The van der Waals surface area contributed by atoms with Gasteiger partial charge in [-0.25, -0.2) is 0 Å². The van der Waals surface area contributed by atoms with Crippen LogP contribution in [-0.4, -0.2) is 31.2 Å². The molecule has 0 aliphatic carbocycles. The quantitative estimate of drug-likeness (QED) is 0.330. The van der Waals surface area contributed by atoms with Gasteiger partial charge < -0.3 is 0 Å². The molecule has 0 aliphatic heterocycles. The Morgan fingerprint density at radius 2 is 2.30 bits per heavy atom. The first kappa shape index (κ1) is 9.14. The molecule has 0 rings (SSSR count). The van der Waals surface area contributed by atoms with Crippen molar-refractivity contribution in [2.75, 3.05) is 7.05 Å². The zero-order valence-electron chi connectivity index (χ0n) is 6.91. The average molecular weight is 141 g/mol. The molecular weight excluding hydrogens is 126 g/mol. The maximum atomic E-state index is 4.18. The summed E-state index contributed by atoms with van der Waals surface area (Å²) in [6, 6.07) is 0.379. The number of hydrazone groups is 1. The van der Waals surface area contributed by atoms with Crippen LogP contribution in [0.2, 0.25) is 0 Å². The highest BCUT2D eigenvalue weighted by atomic mass is 15.4. The molecule has 0 aliphatic rings. The monoisotopic (exact) mass is 141 g/mol. The van der Waals surface area contributed by atoms with Gasteiger partial charge in [0.1, 0.15) is 6.34 Å². The fourth-order valence-electron chi connectivity index (χ4n) is 0.352. The lowest BCUT2D eigenvalue weighted by Gasteiger charge is -2.05. The molecule has 1 unspecified atom stereocenters. The molecule has 0 radical (unpaired) electrons. The Kier molecular flexibility index (Phi) is 4.54. The van der Waals surface area contributed by atoms with E-state index in [0.717, 1.165) is 6.42 Å². The van der Waals surface area contributed by atoms with Gasteiger partial charge in [-0.15, -0.1) is 0 Å². The van der Waals surface area contributed by atoms with E-state index in [-0.39, 0.29) is 0 Å². The van der Waals surface area contributed by atoms with E-state index >= 15 is 0 Å². The summed E-state index contributed by atoms with van der Waals surface area (Å²) in [5.74, 6) is 0. The van der Waals surface area contributed by atoms with E-state index < -0.39 is 0 Å². The van der Waals surface area contributed by atoms with Crippen molar-refractivity contribution in [3.63, 3.8) is 0 Å². The number of nitrogens with zero attached hydrogens (tertiary/aromatic N) is 3. The number of hydrogen-bond acceptors (Lipinski definition) is 2. The zero-order valence-corrected chi connectivity index (χ0v) is 6.91. The smallest absolute Gasteiger partial charge is 0.106 e. The molecule has 0 heterocycles. The van der Waals surface area contributed by atoms with Crippen molar-refractivity contribution in [1.82, 2.24) is 5.01 Å². The molecule has 0 amide bonds. The molecule has 0 bridgehead atoms. The molecule has 0 saturated carbocycles. The predicted octanol–water partition coefficient (Wildman–Crippen LogP) is 1.36. The highest BCUT2D eigenvalue weighted by Crippen LogP contribution is 1.93. The van der Waals surface area contributed by atoms with E-state index in [1.54, 1.807) is 18.4 Å². The second-order valence-electron chi connectivity index (χ2n) is 2.24. The Labute approximate surface area is 62.4 Å². The Hall–Kier alpha value is -0.860. The minimum Gasteiger partial charge on any atom is -0.271 e. The summed E-state index contributed by atoms with van der Waals surface area (Å²) in [4.78, 5) is 4.18. The van der Waals surface area contributed by atoms with Gasteiger partial charge in [-0.3, -0.25) is 10.0 Å². The summed E-state index contributed by atoms with van der Waals surface area (Å²) in [5, 5.41) is 5.22. The summed E-state index contributed by atoms with van der Waals surface area (Å²) in [6.07, 6.45) is 2.74. The summed E-state index contributed by atoms with van der Waals surface area (Å²) in [6.45, 7) is 7.51. The molecule has 0 aromatic carbocycles. The molecule has 0 aromatic heterocycles. The molecule has 1 atom stereocenters. The van der Waals surface area contributed by atoms with Crippen LogP contribution in [0.5, 0.6) is 0 Å². The molecule has 0 saturated heterocycles. The van der Waals surface area contributed by atoms with Crippen LogP contribution in [0.15, 0.2) is 10.1 Å². The van der Waals surface area contributed by atoms with Crippen LogP contribution in [0, 0.1) is 0 Å². The van der Waals surface area contributed by atoms with Crippen LogP contribution >= 0.6 is 0 Å². The third kappa shape index (κ3) is 4.06. The predicted molar refractivity (Wildman–Crippen MR) is 45.6 cm³/mol. The molecule has 0 aromatic rings. The van der Waals surface area contributed by atoms with Crippen molar-refractivity contribution in [3.8, 4) is 0 Å². The van der Waals surface area contributed by atoms with Gasteiger partial charge in [0.05, 0.1) is 0 Å². The summed E-state index contributed by atoms with van der Waals surface area (Å²) < 4.78 is 0. The molecule has 3 nitrogen and oxygen atoms in total. The SMILES string of the molecule is C=NN(C)C=NC(C)CC. The van der Waals surface area contributed by atoms with E-state index in [1.165, 1.54) is 0 Å². The maximum absolute atomic E-state index is 4.18. The number of rotatable bonds is 4. The average Bonchev–Trinajstić information content (AvgIpc) is 1.99. The minimum absolute atomic E-state index is 0.379. The Morgan fingerprint density at radius 3 is 2.70 bits per heavy atom. The Morgan fingerprint density at radius 1 is 1.70 bits per heavy atom. The van der Waals surface area contributed by atoms with E-state index in [1.807, 2.05) is 0 Å².